The molecule has 0 aliphatic heterocycles. The summed E-state index contributed by atoms with van der Waals surface area (Å²) in [6, 6.07) is 0. The van der Waals surface area contributed by atoms with Crippen LogP contribution >= 0.6 is 7.82 Å². The normalized spacial score (nSPS) is 13.6. The molecule has 55 heavy (non-hydrogen) atoms. The SMILES string of the molecule is CCCC/C=C\C/C=C\CCCCCCCC(=O)OC(COCCCCCCCCCCCCCCCCCCCCCCCC)COP(=O)(O)OCCN. The first-order valence-electron chi connectivity index (χ1n) is 23.3. The number of rotatable bonds is 45. The van der Waals surface area contributed by atoms with E-state index in [-0.39, 0.29) is 32.3 Å². The van der Waals surface area contributed by atoms with Gasteiger partial charge in [-0.15, -0.1) is 0 Å². The van der Waals surface area contributed by atoms with Crippen LogP contribution in [0.15, 0.2) is 24.3 Å². The van der Waals surface area contributed by atoms with Gasteiger partial charge in [0.15, 0.2) is 0 Å². The Balaban J connectivity index is 3.92. The number of allylic oxidation sites excluding steroid dienone is 4. The molecule has 2 unspecified atom stereocenters. The van der Waals surface area contributed by atoms with Gasteiger partial charge in [-0.3, -0.25) is 13.8 Å². The maximum Gasteiger partial charge on any atom is 0.472 e. The molecule has 0 aromatic carbocycles. The monoisotopic (exact) mass is 800 g/mol. The van der Waals surface area contributed by atoms with Gasteiger partial charge in [0.1, 0.15) is 6.10 Å². The van der Waals surface area contributed by atoms with Crippen LogP contribution in [0.5, 0.6) is 0 Å². The second-order valence-corrected chi connectivity index (χ2v) is 17.1. The summed E-state index contributed by atoms with van der Waals surface area (Å²) in [6.07, 6.45) is 49.2. The second-order valence-electron chi connectivity index (χ2n) is 15.6. The topological polar surface area (TPSA) is 117 Å². The molecule has 3 N–H and O–H groups in total. The van der Waals surface area contributed by atoms with Crippen LogP contribution in [0.25, 0.3) is 0 Å². The van der Waals surface area contributed by atoms with Crippen molar-refractivity contribution in [2.75, 3.05) is 33.0 Å². The highest BCUT2D eigenvalue weighted by atomic mass is 31.2. The lowest BCUT2D eigenvalue weighted by Gasteiger charge is -2.20. The predicted molar refractivity (Wildman–Crippen MR) is 233 cm³/mol. The molecule has 8 nitrogen and oxygen atoms in total. The Labute approximate surface area is 340 Å². The average Bonchev–Trinajstić information content (AvgIpc) is 3.17. The third-order valence-electron chi connectivity index (χ3n) is 10.1. The molecule has 0 rings (SSSR count). The van der Waals surface area contributed by atoms with Crippen molar-refractivity contribution in [3.8, 4) is 0 Å². The Morgan fingerprint density at radius 2 is 0.982 bits per heavy atom. The van der Waals surface area contributed by atoms with Crippen LogP contribution in [-0.4, -0.2) is 49.9 Å². The molecular formula is C46H90NO7P. The van der Waals surface area contributed by atoms with E-state index in [1.807, 2.05) is 0 Å². The first kappa shape index (κ1) is 54.0. The van der Waals surface area contributed by atoms with Crippen molar-refractivity contribution < 1.29 is 32.8 Å². The molecule has 0 aromatic rings. The smallest absolute Gasteiger partial charge is 0.457 e. The minimum Gasteiger partial charge on any atom is -0.457 e. The highest BCUT2D eigenvalue weighted by Crippen LogP contribution is 2.43. The molecule has 0 bridgehead atoms. The highest BCUT2D eigenvalue weighted by molar-refractivity contribution is 7.47. The Kier molecular flexibility index (Phi) is 43.3. The predicted octanol–water partition coefficient (Wildman–Crippen LogP) is 14.0. The molecule has 0 aliphatic rings. The van der Waals surface area contributed by atoms with E-state index >= 15 is 0 Å². The maximum atomic E-state index is 12.6. The van der Waals surface area contributed by atoms with Gasteiger partial charge >= 0.3 is 13.8 Å². The lowest BCUT2D eigenvalue weighted by molar-refractivity contribution is -0.154. The minimum atomic E-state index is -4.28. The summed E-state index contributed by atoms with van der Waals surface area (Å²) in [5, 5.41) is 0. The van der Waals surface area contributed by atoms with Crippen molar-refractivity contribution in [2.24, 2.45) is 5.73 Å². The third-order valence-corrected chi connectivity index (χ3v) is 11.1. The standard InChI is InChI=1S/C46H90NO7P/c1-3-5-7-9-11-13-15-17-19-20-21-22-23-24-25-26-28-30-32-34-36-38-41-51-43-45(44-53-55(49,50)52-42-40-47)54-46(48)39-37-35-33-31-29-27-18-16-14-12-10-8-6-4-2/h10,12,16,18,45H,3-9,11,13-15,17,19-44,47H2,1-2H3,(H,49,50)/b12-10-,18-16-. The molecule has 0 fully saturated rings. The molecule has 2 atom stereocenters. The molecule has 9 heteroatoms. The number of phosphoric ester groups is 1. The Bertz CT molecular complexity index is 900. The van der Waals surface area contributed by atoms with E-state index in [4.69, 9.17) is 24.3 Å². The van der Waals surface area contributed by atoms with E-state index in [0.717, 1.165) is 57.8 Å². The minimum absolute atomic E-state index is 0.0962. The zero-order valence-electron chi connectivity index (χ0n) is 36.2. The summed E-state index contributed by atoms with van der Waals surface area (Å²) in [5.74, 6) is -0.341. The number of carbonyl (C=O) groups is 1. The van der Waals surface area contributed by atoms with Crippen LogP contribution in [0.1, 0.15) is 226 Å². The number of ether oxygens (including phenoxy) is 2. The molecule has 0 radical (unpaired) electrons. The van der Waals surface area contributed by atoms with E-state index in [9.17, 15) is 14.3 Å². The molecule has 0 spiro atoms. The quantitative estimate of drug-likeness (QED) is 0.0271. The van der Waals surface area contributed by atoms with Crippen molar-refractivity contribution in [1.29, 1.82) is 0 Å². The summed E-state index contributed by atoms with van der Waals surface area (Å²) in [7, 11) is -4.28. The number of nitrogens with two attached hydrogens (primary N) is 1. The summed E-state index contributed by atoms with van der Waals surface area (Å²) in [5.41, 5.74) is 5.37. The lowest BCUT2D eigenvalue weighted by Crippen LogP contribution is -2.28. The largest absolute Gasteiger partial charge is 0.472 e. The van der Waals surface area contributed by atoms with Gasteiger partial charge in [-0.25, -0.2) is 4.57 Å². The summed E-state index contributed by atoms with van der Waals surface area (Å²) >= 11 is 0. The van der Waals surface area contributed by atoms with Gasteiger partial charge in [0, 0.05) is 19.6 Å². The van der Waals surface area contributed by atoms with E-state index in [1.165, 1.54) is 148 Å². The molecule has 0 aromatic heterocycles. The van der Waals surface area contributed by atoms with E-state index in [1.54, 1.807) is 0 Å². The summed E-state index contributed by atoms with van der Waals surface area (Å²) in [6.45, 7) is 4.90. The first-order chi connectivity index (χ1) is 26.9. The van der Waals surface area contributed by atoms with Crippen molar-refractivity contribution in [3.05, 3.63) is 24.3 Å². The third kappa shape index (κ3) is 43.9. The summed E-state index contributed by atoms with van der Waals surface area (Å²) < 4.78 is 33.5. The zero-order valence-corrected chi connectivity index (χ0v) is 37.1. The number of unbranched alkanes of at least 4 members (excludes halogenated alkanes) is 28. The van der Waals surface area contributed by atoms with Crippen LogP contribution < -0.4 is 5.73 Å². The van der Waals surface area contributed by atoms with Gasteiger partial charge < -0.3 is 20.1 Å². The van der Waals surface area contributed by atoms with Crippen molar-refractivity contribution in [3.63, 3.8) is 0 Å². The van der Waals surface area contributed by atoms with Crippen LogP contribution in [-0.2, 0) is 27.9 Å². The number of carbonyl (C=O) groups excluding carboxylic acids is 1. The number of hydrogen-bond acceptors (Lipinski definition) is 7. The Hall–Kier alpha value is -1.02. The van der Waals surface area contributed by atoms with E-state index < -0.39 is 13.9 Å². The number of esters is 1. The van der Waals surface area contributed by atoms with Crippen molar-refractivity contribution in [2.45, 2.75) is 232 Å². The molecule has 0 saturated heterocycles. The number of phosphoric acid groups is 1. The average molecular weight is 800 g/mol. The van der Waals surface area contributed by atoms with Gasteiger partial charge in [-0.05, 0) is 38.5 Å². The molecular weight excluding hydrogens is 709 g/mol. The second kappa shape index (κ2) is 44.1. The fourth-order valence-corrected chi connectivity index (χ4v) is 7.43. The van der Waals surface area contributed by atoms with Gasteiger partial charge in [0.05, 0.1) is 19.8 Å². The van der Waals surface area contributed by atoms with Gasteiger partial charge in [0.25, 0.3) is 0 Å². The van der Waals surface area contributed by atoms with Crippen LogP contribution in [0.4, 0.5) is 0 Å². The fraction of sp³-hybridized carbons (Fsp3) is 0.891. The fourth-order valence-electron chi connectivity index (χ4n) is 6.66. The van der Waals surface area contributed by atoms with Crippen molar-refractivity contribution >= 4 is 13.8 Å². The van der Waals surface area contributed by atoms with Crippen LogP contribution in [0.2, 0.25) is 0 Å². The molecule has 0 saturated carbocycles. The maximum absolute atomic E-state index is 12.6. The highest BCUT2D eigenvalue weighted by Gasteiger charge is 2.25. The molecule has 0 heterocycles. The lowest BCUT2D eigenvalue weighted by atomic mass is 10.0. The first-order valence-corrected chi connectivity index (χ1v) is 24.8. The van der Waals surface area contributed by atoms with Gasteiger partial charge in [0.2, 0.25) is 0 Å². The molecule has 0 amide bonds. The zero-order chi connectivity index (χ0) is 40.2. The van der Waals surface area contributed by atoms with E-state index in [2.05, 4.69) is 38.2 Å². The molecule has 326 valence electrons. The summed E-state index contributed by atoms with van der Waals surface area (Å²) in [4.78, 5) is 22.5. The Morgan fingerprint density at radius 3 is 1.47 bits per heavy atom. The van der Waals surface area contributed by atoms with E-state index in [0.29, 0.717) is 13.0 Å². The van der Waals surface area contributed by atoms with Crippen LogP contribution in [0, 0.1) is 0 Å². The van der Waals surface area contributed by atoms with Crippen LogP contribution in [0.3, 0.4) is 0 Å². The van der Waals surface area contributed by atoms with Gasteiger partial charge in [-0.2, -0.15) is 0 Å². The number of hydrogen-bond donors (Lipinski definition) is 2. The van der Waals surface area contributed by atoms with Gasteiger partial charge in [-0.1, -0.05) is 205 Å². The Morgan fingerprint density at radius 1 is 0.545 bits per heavy atom. The molecule has 0 aliphatic carbocycles. The van der Waals surface area contributed by atoms with Crippen molar-refractivity contribution in [1.82, 2.24) is 0 Å².